The SMILES string of the molecule is CCc1ccsc1C(N)c1ccsn1. The molecule has 0 fully saturated rings. The highest BCUT2D eigenvalue weighted by Crippen LogP contribution is 2.27. The minimum atomic E-state index is -0.0452. The second-order valence-corrected chi connectivity index (χ2v) is 4.68. The van der Waals surface area contributed by atoms with E-state index in [4.69, 9.17) is 5.73 Å². The van der Waals surface area contributed by atoms with Gasteiger partial charge in [-0.15, -0.1) is 11.3 Å². The molecule has 2 rings (SSSR count). The highest BCUT2D eigenvalue weighted by molar-refractivity contribution is 7.10. The van der Waals surface area contributed by atoms with Crippen LogP contribution in [-0.2, 0) is 6.42 Å². The number of hydrogen-bond donors (Lipinski definition) is 1. The second kappa shape index (κ2) is 4.21. The Morgan fingerprint density at radius 3 is 2.93 bits per heavy atom. The molecule has 0 saturated heterocycles. The highest BCUT2D eigenvalue weighted by atomic mass is 32.1. The molecule has 0 aliphatic rings. The minimum absolute atomic E-state index is 0.0452. The van der Waals surface area contributed by atoms with E-state index in [0.29, 0.717) is 0 Å². The predicted octanol–water partition coefficient (Wildman–Crippen LogP) is 2.82. The average molecular weight is 224 g/mol. The number of aromatic nitrogens is 1. The van der Waals surface area contributed by atoms with Crippen LogP contribution in [0.2, 0.25) is 0 Å². The lowest BCUT2D eigenvalue weighted by atomic mass is 10.1. The molecule has 0 amide bonds. The zero-order valence-electron chi connectivity index (χ0n) is 7.93. The van der Waals surface area contributed by atoms with Crippen LogP contribution >= 0.6 is 22.9 Å². The van der Waals surface area contributed by atoms with Crippen LogP contribution in [0.4, 0.5) is 0 Å². The fourth-order valence-corrected chi connectivity index (χ4v) is 3.00. The quantitative estimate of drug-likeness (QED) is 0.870. The fraction of sp³-hybridized carbons (Fsp3) is 0.300. The first-order valence-corrected chi connectivity index (χ1v) is 6.26. The van der Waals surface area contributed by atoms with Crippen molar-refractivity contribution in [2.24, 2.45) is 5.73 Å². The molecule has 2 nitrogen and oxygen atoms in total. The molecule has 0 saturated carbocycles. The van der Waals surface area contributed by atoms with E-state index in [9.17, 15) is 0 Å². The molecule has 1 atom stereocenters. The van der Waals surface area contributed by atoms with Gasteiger partial charge in [0.2, 0.25) is 0 Å². The molecule has 0 spiro atoms. The summed E-state index contributed by atoms with van der Waals surface area (Å²) in [6.07, 6.45) is 1.04. The van der Waals surface area contributed by atoms with Crippen molar-refractivity contribution >= 4 is 22.9 Å². The molecular weight excluding hydrogens is 212 g/mol. The standard InChI is InChI=1S/C10H12N2S2/c1-2-7-3-5-13-10(7)9(11)8-4-6-14-12-8/h3-6,9H,2,11H2,1H3. The van der Waals surface area contributed by atoms with Crippen molar-refractivity contribution in [3.05, 3.63) is 39.0 Å². The van der Waals surface area contributed by atoms with Crippen LogP contribution in [0.25, 0.3) is 0 Å². The van der Waals surface area contributed by atoms with Gasteiger partial charge in [0.25, 0.3) is 0 Å². The Balaban J connectivity index is 2.31. The van der Waals surface area contributed by atoms with Crippen molar-refractivity contribution in [1.82, 2.24) is 4.37 Å². The van der Waals surface area contributed by atoms with E-state index in [1.165, 1.54) is 22.0 Å². The first-order chi connectivity index (χ1) is 6.83. The molecule has 14 heavy (non-hydrogen) atoms. The summed E-state index contributed by atoms with van der Waals surface area (Å²) in [5, 5.41) is 4.06. The Kier molecular flexibility index (Phi) is 2.96. The Bertz CT molecular complexity index is 392. The molecule has 0 bridgehead atoms. The fourth-order valence-electron chi connectivity index (χ4n) is 1.43. The summed E-state index contributed by atoms with van der Waals surface area (Å²) in [6.45, 7) is 2.15. The van der Waals surface area contributed by atoms with E-state index in [-0.39, 0.29) is 6.04 Å². The summed E-state index contributed by atoms with van der Waals surface area (Å²) in [5.41, 5.74) is 8.46. The number of aryl methyl sites for hydroxylation is 1. The van der Waals surface area contributed by atoms with Crippen LogP contribution in [0, 0.1) is 0 Å². The van der Waals surface area contributed by atoms with Gasteiger partial charge in [-0.2, -0.15) is 4.37 Å². The van der Waals surface area contributed by atoms with Crippen LogP contribution in [0.3, 0.4) is 0 Å². The summed E-state index contributed by atoms with van der Waals surface area (Å²) in [5.74, 6) is 0. The molecule has 4 heteroatoms. The van der Waals surface area contributed by atoms with Crippen LogP contribution < -0.4 is 5.73 Å². The lowest BCUT2D eigenvalue weighted by molar-refractivity contribution is 0.850. The number of thiophene rings is 1. The molecule has 1 unspecified atom stereocenters. The number of rotatable bonds is 3. The minimum Gasteiger partial charge on any atom is -0.318 e. The summed E-state index contributed by atoms with van der Waals surface area (Å²) in [6, 6.07) is 4.09. The second-order valence-electron chi connectivity index (χ2n) is 3.07. The predicted molar refractivity (Wildman–Crippen MR) is 61.8 cm³/mol. The maximum Gasteiger partial charge on any atom is 0.0833 e. The third-order valence-corrected chi connectivity index (χ3v) is 3.84. The van der Waals surface area contributed by atoms with Gasteiger partial charge in [-0.25, -0.2) is 0 Å². The maximum atomic E-state index is 6.14. The zero-order chi connectivity index (χ0) is 9.97. The van der Waals surface area contributed by atoms with Gasteiger partial charge in [-0.05, 0) is 41.0 Å². The maximum absolute atomic E-state index is 6.14. The Labute approximate surface area is 91.6 Å². The molecule has 2 N–H and O–H groups in total. The molecule has 0 aromatic carbocycles. The summed E-state index contributed by atoms with van der Waals surface area (Å²) in [7, 11) is 0. The van der Waals surface area contributed by atoms with E-state index in [1.54, 1.807) is 11.3 Å². The Morgan fingerprint density at radius 2 is 2.29 bits per heavy atom. The smallest absolute Gasteiger partial charge is 0.0833 e. The van der Waals surface area contributed by atoms with Gasteiger partial charge >= 0.3 is 0 Å². The van der Waals surface area contributed by atoms with Crippen molar-refractivity contribution in [3.8, 4) is 0 Å². The van der Waals surface area contributed by atoms with Crippen LogP contribution in [-0.4, -0.2) is 4.37 Å². The van der Waals surface area contributed by atoms with Crippen molar-refractivity contribution in [3.63, 3.8) is 0 Å². The molecule has 2 heterocycles. The van der Waals surface area contributed by atoms with Gasteiger partial charge < -0.3 is 5.73 Å². The van der Waals surface area contributed by atoms with Crippen molar-refractivity contribution in [2.75, 3.05) is 0 Å². The largest absolute Gasteiger partial charge is 0.318 e. The van der Waals surface area contributed by atoms with Crippen LogP contribution in [0.1, 0.15) is 29.1 Å². The van der Waals surface area contributed by atoms with Gasteiger partial charge in [0.15, 0.2) is 0 Å². The lowest BCUT2D eigenvalue weighted by Crippen LogP contribution is -2.11. The highest BCUT2D eigenvalue weighted by Gasteiger charge is 2.15. The van der Waals surface area contributed by atoms with Gasteiger partial charge in [-0.3, -0.25) is 0 Å². The van der Waals surface area contributed by atoms with Crippen molar-refractivity contribution in [1.29, 1.82) is 0 Å². The lowest BCUT2D eigenvalue weighted by Gasteiger charge is -2.08. The molecule has 0 radical (unpaired) electrons. The molecular formula is C10H12N2S2. The molecule has 74 valence electrons. The monoisotopic (exact) mass is 224 g/mol. The number of nitrogens with zero attached hydrogens (tertiary/aromatic N) is 1. The summed E-state index contributed by atoms with van der Waals surface area (Å²) >= 11 is 3.17. The van der Waals surface area contributed by atoms with Crippen LogP contribution in [0.5, 0.6) is 0 Å². The van der Waals surface area contributed by atoms with E-state index < -0.39 is 0 Å². The van der Waals surface area contributed by atoms with Gasteiger partial charge in [0.1, 0.15) is 0 Å². The first-order valence-electron chi connectivity index (χ1n) is 4.55. The Morgan fingerprint density at radius 1 is 1.43 bits per heavy atom. The molecule has 0 aliphatic heterocycles. The van der Waals surface area contributed by atoms with E-state index in [0.717, 1.165) is 12.1 Å². The topological polar surface area (TPSA) is 38.9 Å². The molecule has 2 aromatic rings. The van der Waals surface area contributed by atoms with Crippen molar-refractivity contribution < 1.29 is 0 Å². The van der Waals surface area contributed by atoms with Crippen LogP contribution in [0.15, 0.2) is 22.9 Å². The van der Waals surface area contributed by atoms with Gasteiger partial charge in [0, 0.05) is 10.3 Å². The van der Waals surface area contributed by atoms with E-state index in [1.807, 2.05) is 11.4 Å². The van der Waals surface area contributed by atoms with Gasteiger partial charge in [0.05, 0.1) is 11.7 Å². The third-order valence-electron chi connectivity index (χ3n) is 2.22. The van der Waals surface area contributed by atoms with E-state index >= 15 is 0 Å². The zero-order valence-corrected chi connectivity index (χ0v) is 9.57. The number of hydrogen-bond acceptors (Lipinski definition) is 4. The molecule has 2 aromatic heterocycles. The summed E-state index contributed by atoms with van der Waals surface area (Å²) < 4.78 is 4.27. The van der Waals surface area contributed by atoms with Gasteiger partial charge in [-0.1, -0.05) is 6.92 Å². The summed E-state index contributed by atoms with van der Waals surface area (Å²) in [4.78, 5) is 1.25. The Hall–Kier alpha value is -0.710. The van der Waals surface area contributed by atoms with Crippen molar-refractivity contribution in [2.45, 2.75) is 19.4 Å². The average Bonchev–Trinajstić information content (AvgIpc) is 2.87. The molecule has 0 aliphatic carbocycles. The number of nitrogens with two attached hydrogens (primary N) is 1. The third kappa shape index (κ3) is 1.73. The van der Waals surface area contributed by atoms with E-state index in [2.05, 4.69) is 22.7 Å². The first kappa shape index (κ1) is 9.83. The normalized spacial score (nSPS) is 13.0.